The Morgan fingerprint density at radius 1 is 1.25 bits per heavy atom. The minimum Gasteiger partial charge on any atom is -0.0651 e. The Morgan fingerprint density at radius 2 is 1.75 bits per heavy atom. The van der Waals surface area contributed by atoms with E-state index >= 15 is 0 Å². The average molecular weight is 154 g/mol. The van der Waals surface area contributed by atoms with Crippen LogP contribution in [0.25, 0.3) is 0 Å². The smallest absolute Gasteiger partial charge is 0 e. The van der Waals surface area contributed by atoms with Crippen LogP contribution in [0, 0.1) is 5.92 Å². The van der Waals surface area contributed by atoms with Crippen molar-refractivity contribution in [3.8, 4) is 0 Å². The molecular formula is C7H14Fe. The molecular weight excluding hydrogens is 140 g/mol. The third kappa shape index (κ3) is 2.19. The second-order valence-electron chi connectivity index (χ2n) is 2.56. The molecule has 0 aromatic heterocycles. The monoisotopic (exact) mass is 154 g/mol. The van der Waals surface area contributed by atoms with E-state index in [1.54, 1.807) is 0 Å². The average Bonchev–Trinajstić information content (AvgIpc) is 2.14. The summed E-state index contributed by atoms with van der Waals surface area (Å²) in [7, 11) is 0. The molecule has 50 valence electrons. The second kappa shape index (κ2) is 4.40. The van der Waals surface area contributed by atoms with E-state index in [1.807, 2.05) is 0 Å². The minimum absolute atomic E-state index is 0. The molecule has 0 atom stereocenters. The molecule has 0 aromatic rings. The summed E-state index contributed by atoms with van der Waals surface area (Å²) in [6, 6.07) is 0. The van der Waals surface area contributed by atoms with Crippen molar-refractivity contribution in [2.45, 2.75) is 39.0 Å². The minimum atomic E-state index is 0. The zero-order chi connectivity index (χ0) is 5.11. The molecule has 0 aliphatic heterocycles. The molecule has 0 spiro atoms. The van der Waals surface area contributed by atoms with Crippen LogP contribution < -0.4 is 0 Å². The molecule has 0 aromatic carbocycles. The Hall–Kier alpha value is 0.519. The summed E-state index contributed by atoms with van der Waals surface area (Å²) in [5.74, 6) is 1.10. The molecule has 1 aliphatic rings. The van der Waals surface area contributed by atoms with Crippen molar-refractivity contribution in [3.63, 3.8) is 0 Å². The van der Waals surface area contributed by atoms with Crippen LogP contribution in [-0.2, 0) is 17.1 Å². The van der Waals surface area contributed by atoms with Crippen molar-refractivity contribution in [3.05, 3.63) is 0 Å². The van der Waals surface area contributed by atoms with Gasteiger partial charge in [0.1, 0.15) is 0 Å². The number of rotatable bonds is 1. The van der Waals surface area contributed by atoms with Gasteiger partial charge < -0.3 is 0 Å². The zero-order valence-corrected chi connectivity index (χ0v) is 6.57. The standard InChI is InChI=1S/C7H14.Fe/c1-2-7-5-3-4-6-7;/h7H,2-6H2,1H3;. The van der Waals surface area contributed by atoms with E-state index in [0.717, 1.165) is 5.92 Å². The first-order chi connectivity index (χ1) is 3.43. The predicted octanol–water partition coefficient (Wildman–Crippen LogP) is 2.58. The van der Waals surface area contributed by atoms with Crippen LogP contribution in [0.15, 0.2) is 0 Å². The van der Waals surface area contributed by atoms with E-state index in [1.165, 1.54) is 32.1 Å². The molecule has 0 nitrogen and oxygen atoms in total. The van der Waals surface area contributed by atoms with Crippen molar-refractivity contribution in [1.29, 1.82) is 0 Å². The van der Waals surface area contributed by atoms with E-state index in [9.17, 15) is 0 Å². The van der Waals surface area contributed by atoms with Gasteiger partial charge in [-0.3, -0.25) is 0 Å². The fourth-order valence-corrected chi connectivity index (χ4v) is 1.42. The molecule has 0 saturated heterocycles. The number of hydrogen-bond acceptors (Lipinski definition) is 0. The predicted molar refractivity (Wildman–Crippen MR) is 32.2 cm³/mol. The van der Waals surface area contributed by atoms with Crippen LogP contribution in [0.1, 0.15) is 39.0 Å². The first-order valence-electron chi connectivity index (χ1n) is 3.43. The van der Waals surface area contributed by atoms with Crippen LogP contribution >= 0.6 is 0 Å². The van der Waals surface area contributed by atoms with Crippen molar-refractivity contribution in [2.75, 3.05) is 0 Å². The maximum atomic E-state index is 2.30. The van der Waals surface area contributed by atoms with Crippen LogP contribution in [0.5, 0.6) is 0 Å². The van der Waals surface area contributed by atoms with Crippen molar-refractivity contribution < 1.29 is 17.1 Å². The van der Waals surface area contributed by atoms with Crippen molar-refractivity contribution in [1.82, 2.24) is 0 Å². The summed E-state index contributed by atoms with van der Waals surface area (Å²) in [6.45, 7) is 2.30. The molecule has 0 radical (unpaired) electrons. The van der Waals surface area contributed by atoms with Crippen LogP contribution in [0.4, 0.5) is 0 Å². The summed E-state index contributed by atoms with van der Waals surface area (Å²) in [5.41, 5.74) is 0. The van der Waals surface area contributed by atoms with Gasteiger partial charge in [0.15, 0.2) is 0 Å². The van der Waals surface area contributed by atoms with Crippen LogP contribution in [0.3, 0.4) is 0 Å². The van der Waals surface area contributed by atoms with E-state index in [2.05, 4.69) is 6.92 Å². The molecule has 0 amide bonds. The number of hydrogen-bond donors (Lipinski definition) is 0. The third-order valence-corrected chi connectivity index (χ3v) is 2.05. The first-order valence-corrected chi connectivity index (χ1v) is 3.43. The fourth-order valence-electron chi connectivity index (χ4n) is 1.42. The van der Waals surface area contributed by atoms with Gasteiger partial charge in [-0.05, 0) is 5.92 Å². The Bertz CT molecular complexity index is 46.3. The van der Waals surface area contributed by atoms with Crippen LogP contribution in [-0.4, -0.2) is 0 Å². The molecule has 0 N–H and O–H groups in total. The molecule has 1 saturated carbocycles. The van der Waals surface area contributed by atoms with Gasteiger partial charge in [0.05, 0.1) is 0 Å². The van der Waals surface area contributed by atoms with Gasteiger partial charge in [0.2, 0.25) is 0 Å². The maximum absolute atomic E-state index is 2.30. The largest absolute Gasteiger partial charge is 0.0651 e. The SMILES string of the molecule is CCC1CCCC1.[Fe]. The van der Waals surface area contributed by atoms with Gasteiger partial charge in [-0.2, -0.15) is 0 Å². The summed E-state index contributed by atoms with van der Waals surface area (Å²) in [6.07, 6.45) is 7.43. The molecule has 1 fully saturated rings. The van der Waals surface area contributed by atoms with Gasteiger partial charge in [-0.25, -0.2) is 0 Å². The summed E-state index contributed by atoms with van der Waals surface area (Å²) < 4.78 is 0. The molecule has 1 heteroatoms. The molecule has 0 heterocycles. The van der Waals surface area contributed by atoms with E-state index in [-0.39, 0.29) is 17.1 Å². The Labute approximate surface area is 62.5 Å². The van der Waals surface area contributed by atoms with Gasteiger partial charge >= 0.3 is 0 Å². The molecule has 0 bridgehead atoms. The quantitative estimate of drug-likeness (QED) is 0.509. The maximum Gasteiger partial charge on any atom is 0 e. The zero-order valence-electron chi connectivity index (χ0n) is 5.47. The fraction of sp³-hybridized carbons (Fsp3) is 1.00. The van der Waals surface area contributed by atoms with E-state index in [4.69, 9.17) is 0 Å². The Kier molecular flexibility index (Phi) is 4.69. The van der Waals surface area contributed by atoms with E-state index in [0.29, 0.717) is 0 Å². The second-order valence-corrected chi connectivity index (χ2v) is 2.56. The molecule has 8 heavy (non-hydrogen) atoms. The molecule has 1 rings (SSSR count). The topological polar surface area (TPSA) is 0 Å². The molecule has 0 unspecified atom stereocenters. The van der Waals surface area contributed by atoms with E-state index < -0.39 is 0 Å². The van der Waals surface area contributed by atoms with Gasteiger partial charge in [0.25, 0.3) is 0 Å². The molecule has 1 aliphatic carbocycles. The van der Waals surface area contributed by atoms with Gasteiger partial charge in [-0.15, -0.1) is 0 Å². The third-order valence-electron chi connectivity index (χ3n) is 2.05. The van der Waals surface area contributed by atoms with Gasteiger partial charge in [-0.1, -0.05) is 39.0 Å². The van der Waals surface area contributed by atoms with Crippen molar-refractivity contribution in [2.24, 2.45) is 5.92 Å². The summed E-state index contributed by atoms with van der Waals surface area (Å²) >= 11 is 0. The van der Waals surface area contributed by atoms with Crippen LogP contribution in [0.2, 0.25) is 0 Å². The summed E-state index contributed by atoms with van der Waals surface area (Å²) in [5, 5.41) is 0. The van der Waals surface area contributed by atoms with Gasteiger partial charge in [0, 0.05) is 17.1 Å². The first kappa shape index (κ1) is 8.52. The normalized spacial score (nSPS) is 20.6. The van der Waals surface area contributed by atoms with Crippen molar-refractivity contribution >= 4 is 0 Å². The Morgan fingerprint density at radius 3 is 2.00 bits per heavy atom. The summed E-state index contributed by atoms with van der Waals surface area (Å²) in [4.78, 5) is 0. The Balaban J connectivity index is 0.000000490.